The molecule has 0 radical (unpaired) electrons. The molecule has 1 amide bonds. The van der Waals surface area contributed by atoms with Gasteiger partial charge in [-0.1, -0.05) is 42.5 Å². The smallest absolute Gasteiger partial charge is 0.220 e. The lowest BCUT2D eigenvalue weighted by atomic mass is 10.1. The Labute approximate surface area is 124 Å². The fraction of sp³-hybridized carbons (Fsp3) is 0.235. The van der Waals surface area contributed by atoms with Gasteiger partial charge >= 0.3 is 0 Å². The molecule has 2 aromatic rings. The van der Waals surface area contributed by atoms with Gasteiger partial charge in [0, 0.05) is 17.9 Å². The number of benzene rings is 2. The zero-order chi connectivity index (χ0) is 14.2. The average Bonchev–Trinajstić information content (AvgIpc) is 2.52. The van der Waals surface area contributed by atoms with Gasteiger partial charge in [-0.3, -0.25) is 4.79 Å². The lowest BCUT2D eigenvalue weighted by Crippen LogP contribution is -2.22. The monoisotopic (exact) mass is 285 g/mol. The zero-order valence-corrected chi connectivity index (χ0v) is 12.5. The highest BCUT2D eigenvalue weighted by Crippen LogP contribution is 2.15. The molecule has 1 N–H and O–H groups in total. The Morgan fingerprint density at radius 3 is 2.55 bits per heavy atom. The number of rotatable bonds is 6. The van der Waals surface area contributed by atoms with Crippen LogP contribution in [0.5, 0.6) is 0 Å². The first-order valence-electron chi connectivity index (χ1n) is 6.71. The van der Waals surface area contributed by atoms with Crippen LogP contribution in [0.25, 0.3) is 0 Å². The molecule has 0 unspecified atom stereocenters. The maximum Gasteiger partial charge on any atom is 0.220 e. The molecule has 2 nitrogen and oxygen atoms in total. The molecule has 2 aromatic carbocycles. The van der Waals surface area contributed by atoms with Crippen molar-refractivity contribution in [1.82, 2.24) is 5.32 Å². The lowest BCUT2D eigenvalue weighted by molar-refractivity contribution is -0.121. The van der Waals surface area contributed by atoms with Gasteiger partial charge in [-0.15, -0.1) is 11.8 Å². The Morgan fingerprint density at radius 2 is 1.80 bits per heavy atom. The van der Waals surface area contributed by atoms with Crippen LogP contribution in [-0.2, 0) is 17.8 Å². The van der Waals surface area contributed by atoms with Crippen LogP contribution in [0.1, 0.15) is 17.5 Å². The van der Waals surface area contributed by atoms with Crippen molar-refractivity contribution < 1.29 is 4.79 Å². The van der Waals surface area contributed by atoms with E-state index >= 15 is 0 Å². The number of hydrogen-bond acceptors (Lipinski definition) is 2. The molecule has 3 heteroatoms. The molecular weight excluding hydrogens is 266 g/mol. The van der Waals surface area contributed by atoms with Gasteiger partial charge in [-0.05, 0) is 35.9 Å². The van der Waals surface area contributed by atoms with Gasteiger partial charge in [0.25, 0.3) is 0 Å². The van der Waals surface area contributed by atoms with Crippen molar-refractivity contribution in [3.8, 4) is 0 Å². The number of aryl methyl sites for hydroxylation is 1. The van der Waals surface area contributed by atoms with Crippen LogP contribution in [0.3, 0.4) is 0 Å². The molecular formula is C17H19NOS. The second kappa shape index (κ2) is 7.75. The number of thioether (sulfide) groups is 1. The Hall–Kier alpha value is -1.74. The third-order valence-corrected chi connectivity index (χ3v) is 3.83. The van der Waals surface area contributed by atoms with Crippen molar-refractivity contribution in [2.24, 2.45) is 0 Å². The van der Waals surface area contributed by atoms with Crippen molar-refractivity contribution >= 4 is 17.7 Å². The number of hydrogen-bond donors (Lipinski definition) is 1. The first-order valence-corrected chi connectivity index (χ1v) is 7.94. The SMILES string of the molecule is CSc1cccc(CNC(=O)CCc2ccccc2)c1. The summed E-state index contributed by atoms with van der Waals surface area (Å²) in [6, 6.07) is 18.3. The van der Waals surface area contributed by atoms with E-state index in [1.165, 1.54) is 10.5 Å². The fourth-order valence-corrected chi connectivity index (χ4v) is 2.46. The molecule has 0 saturated carbocycles. The van der Waals surface area contributed by atoms with Crippen molar-refractivity contribution in [3.63, 3.8) is 0 Å². The first kappa shape index (κ1) is 14.7. The predicted octanol–water partition coefficient (Wildman–Crippen LogP) is 3.66. The van der Waals surface area contributed by atoms with Gasteiger partial charge in [0.15, 0.2) is 0 Å². The second-order valence-electron chi connectivity index (χ2n) is 4.61. The minimum atomic E-state index is 0.100. The average molecular weight is 285 g/mol. The Balaban J connectivity index is 1.77. The Bertz CT molecular complexity index is 554. The summed E-state index contributed by atoms with van der Waals surface area (Å²) in [7, 11) is 0. The van der Waals surface area contributed by atoms with Crippen LogP contribution in [0.4, 0.5) is 0 Å². The zero-order valence-electron chi connectivity index (χ0n) is 11.6. The van der Waals surface area contributed by atoms with Crippen molar-refractivity contribution in [2.75, 3.05) is 6.26 Å². The summed E-state index contributed by atoms with van der Waals surface area (Å²) in [6.07, 6.45) is 3.38. The summed E-state index contributed by atoms with van der Waals surface area (Å²) in [5, 5.41) is 2.97. The maximum atomic E-state index is 11.8. The molecule has 0 aliphatic rings. The lowest BCUT2D eigenvalue weighted by Gasteiger charge is -2.06. The second-order valence-corrected chi connectivity index (χ2v) is 5.49. The van der Waals surface area contributed by atoms with E-state index in [2.05, 4.69) is 35.8 Å². The van der Waals surface area contributed by atoms with E-state index in [0.29, 0.717) is 13.0 Å². The molecule has 2 rings (SSSR count). The normalized spacial score (nSPS) is 10.2. The van der Waals surface area contributed by atoms with E-state index in [1.807, 2.05) is 30.3 Å². The third kappa shape index (κ3) is 4.74. The Kier molecular flexibility index (Phi) is 5.69. The van der Waals surface area contributed by atoms with E-state index in [0.717, 1.165) is 12.0 Å². The number of carbonyl (C=O) groups excluding carboxylic acids is 1. The standard InChI is InChI=1S/C17H19NOS/c1-20-16-9-5-8-15(12-16)13-18-17(19)11-10-14-6-3-2-4-7-14/h2-9,12H,10-11,13H2,1H3,(H,18,19). The first-order chi connectivity index (χ1) is 9.78. The largest absolute Gasteiger partial charge is 0.352 e. The summed E-state index contributed by atoms with van der Waals surface area (Å²) < 4.78 is 0. The highest BCUT2D eigenvalue weighted by atomic mass is 32.2. The molecule has 0 aromatic heterocycles. The quantitative estimate of drug-likeness (QED) is 0.821. The van der Waals surface area contributed by atoms with Gasteiger partial charge in [0.05, 0.1) is 0 Å². The summed E-state index contributed by atoms with van der Waals surface area (Å²) in [4.78, 5) is 13.1. The summed E-state index contributed by atoms with van der Waals surface area (Å²) in [5.41, 5.74) is 2.34. The number of amides is 1. The molecule has 20 heavy (non-hydrogen) atoms. The van der Waals surface area contributed by atoms with Crippen LogP contribution in [0.15, 0.2) is 59.5 Å². The minimum absolute atomic E-state index is 0.100. The highest BCUT2D eigenvalue weighted by Gasteiger charge is 2.02. The van der Waals surface area contributed by atoms with Gasteiger partial charge in [-0.2, -0.15) is 0 Å². The summed E-state index contributed by atoms with van der Waals surface area (Å²) >= 11 is 1.71. The van der Waals surface area contributed by atoms with E-state index in [4.69, 9.17) is 0 Å². The molecule has 0 aliphatic heterocycles. The molecule has 0 spiro atoms. The minimum Gasteiger partial charge on any atom is -0.352 e. The van der Waals surface area contributed by atoms with Crippen LogP contribution in [0, 0.1) is 0 Å². The maximum absolute atomic E-state index is 11.8. The van der Waals surface area contributed by atoms with Crippen LogP contribution < -0.4 is 5.32 Å². The fourth-order valence-electron chi connectivity index (χ4n) is 1.97. The summed E-state index contributed by atoms with van der Waals surface area (Å²) in [6.45, 7) is 0.599. The van der Waals surface area contributed by atoms with Gasteiger partial charge in [0.1, 0.15) is 0 Å². The van der Waals surface area contributed by atoms with Crippen molar-refractivity contribution in [2.45, 2.75) is 24.3 Å². The van der Waals surface area contributed by atoms with Gasteiger partial charge in [-0.25, -0.2) is 0 Å². The molecule has 0 saturated heterocycles. The van der Waals surface area contributed by atoms with E-state index in [1.54, 1.807) is 11.8 Å². The summed E-state index contributed by atoms with van der Waals surface area (Å²) in [5.74, 6) is 0.100. The molecule has 0 fully saturated rings. The van der Waals surface area contributed by atoms with Crippen LogP contribution in [0.2, 0.25) is 0 Å². The highest BCUT2D eigenvalue weighted by molar-refractivity contribution is 7.98. The van der Waals surface area contributed by atoms with Gasteiger partial charge in [0.2, 0.25) is 5.91 Å². The van der Waals surface area contributed by atoms with Crippen molar-refractivity contribution in [1.29, 1.82) is 0 Å². The molecule has 0 aliphatic carbocycles. The molecule has 0 atom stereocenters. The molecule has 104 valence electrons. The van der Waals surface area contributed by atoms with E-state index in [9.17, 15) is 4.79 Å². The topological polar surface area (TPSA) is 29.1 Å². The van der Waals surface area contributed by atoms with Crippen LogP contribution >= 0.6 is 11.8 Å². The van der Waals surface area contributed by atoms with E-state index in [-0.39, 0.29) is 5.91 Å². The van der Waals surface area contributed by atoms with E-state index < -0.39 is 0 Å². The predicted molar refractivity (Wildman–Crippen MR) is 84.8 cm³/mol. The molecule has 0 heterocycles. The number of nitrogens with one attached hydrogen (secondary N) is 1. The third-order valence-electron chi connectivity index (χ3n) is 3.11. The molecule has 0 bridgehead atoms. The van der Waals surface area contributed by atoms with Gasteiger partial charge < -0.3 is 5.32 Å². The Morgan fingerprint density at radius 1 is 1.05 bits per heavy atom. The van der Waals surface area contributed by atoms with Crippen LogP contribution in [-0.4, -0.2) is 12.2 Å². The van der Waals surface area contributed by atoms with Crippen molar-refractivity contribution in [3.05, 3.63) is 65.7 Å². The number of carbonyl (C=O) groups is 1.